The van der Waals surface area contributed by atoms with E-state index < -0.39 is 10.8 Å². The lowest BCUT2D eigenvalue weighted by Crippen LogP contribution is -2.45. The van der Waals surface area contributed by atoms with Crippen molar-refractivity contribution in [3.8, 4) is 22.3 Å². The number of hydrogen-bond donors (Lipinski definition) is 1. The maximum atomic E-state index is 3.73. The first-order chi connectivity index (χ1) is 34.7. The van der Waals surface area contributed by atoms with Crippen LogP contribution in [-0.2, 0) is 17.3 Å². The highest BCUT2D eigenvalue weighted by molar-refractivity contribution is 7.20. The first kappa shape index (κ1) is 42.1. The molecule has 1 spiro atoms. The second-order valence-corrected chi connectivity index (χ2v) is 20.0. The third-order valence-corrected chi connectivity index (χ3v) is 16.5. The summed E-state index contributed by atoms with van der Waals surface area (Å²) in [6.07, 6.45) is 26.8. The molecule has 1 N–H and O–H groups in total. The van der Waals surface area contributed by atoms with Crippen molar-refractivity contribution < 1.29 is 0 Å². The third kappa shape index (κ3) is 6.66. The van der Waals surface area contributed by atoms with Gasteiger partial charge in [0.05, 0.1) is 10.8 Å². The second kappa shape index (κ2) is 17.5. The van der Waals surface area contributed by atoms with Gasteiger partial charge in [0.2, 0.25) is 0 Å². The summed E-state index contributed by atoms with van der Waals surface area (Å²) in [6.45, 7) is 0. The quantitative estimate of drug-likeness (QED) is 0.142. The van der Waals surface area contributed by atoms with E-state index in [1.54, 1.807) is 0 Å². The van der Waals surface area contributed by atoms with Crippen molar-refractivity contribution in [2.45, 2.75) is 36.5 Å². The van der Waals surface area contributed by atoms with Crippen LogP contribution in [-0.4, -0.2) is 0 Å². The molecular weight excluding hydrogens is 863 g/mol. The molecule has 0 amide bonds. The molecule has 0 saturated carbocycles. The first-order valence-corrected chi connectivity index (χ1v) is 25.6. The fourth-order valence-electron chi connectivity index (χ4n) is 12.3. The number of thiophene rings is 1. The summed E-state index contributed by atoms with van der Waals surface area (Å²) in [4.78, 5) is 1.41. The lowest BCUT2D eigenvalue weighted by molar-refractivity contribution is 0.595. The minimum atomic E-state index is -0.526. The van der Waals surface area contributed by atoms with Gasteiger partial charge >= 0.3 is 0 Å². The molecule has 0 bridgehead atoms. The zero-order valence-electron chi connectivity index (χ0n) is 39.0. The molecule has 1 aromatic heterocycles. The molecular formula is C68H51NS. The van der Waals surface area contributed by atoms with Gasteiger partial charge < -0.3 is 5.32 Å². The van der Waals surface area contributed by atoms with Gasteiger partial charge in [-0.3, -0.25) is 0 Å². The van der Waals surface area contributed by atoms with Gasteiger partial charge in [0.1, 0.15) is 0 Å². The summed E-state index contributed by atoms with van der Waals surface area (Å²) >= 11 is 1.93. The summed E-state index contributed by atoms with van der Waals surface area (Å²) in [6, 6.07) is 72.5. The molecule has 2 heteroatoms. The van der Waals surface area contributed by atoms with Gasteiger partial charge in [-0.15, -0.1) is 11.3 Å². The molecule has 1 heterocycles. The summed E-state index contributed by atoms with van der Waals surface area (Å²) < 4.78 is 1.39. The van der Waals surface area contributed by atoms with Crippen LogP contribution in [0, 0.1) is 0 Å². The third-order valence-electron chi connectivity index (χ3n) is 15.3. The minimum Gasteiger partial charge on any atom is -0.362 e. The number of allylic oxidation sites excluding steroid dienone is 9. The highest BCUT2D eigenvalue weighted by Gasteiger charge is 2.57. The molecule has 8 aromatic carbocycles. The van der Waals surface area contributed by atoms with Gasteiger partial charge in [0.15, 0.2) is 0 Å². The van der Waals surface area contributed by atoms with Gasteiger partial charge in [0.25, 0.3) is 0 Å². The highest BCUT2D eigenvalue weighted by atomic mass is 32.1. The summed E-state index contributed by atoms with van der Waals surface area (Å²) in [5.74, 6) is 0. The minimum absolute atomic E-state index is 0.446. The Balaban J connectivity index is 0.858. The molecule has 9 aromatic rings. The van der Waals surface area contributed by atoms with Crippen LogP contribution in [0.5, 0.6) is 0 Å². The van der Waals surface area contributed by atoms with Crippen LogP contribution in [0.15, 0.2) is 248 Å². The van der Waals surface area contributed by atoms with Gasteiger partial charge in [-0.1, -0.05) is 230 Å². The van der Waals surface area contributed by atoms with Gasteiger partial charge in [-0.2, -0.15) is 0 Å². The number of rotatable bonds is 9. The van der Waals surface area contributed by atoms with Crippen molar-refractivity contribution in [3.63, 3.8) is 0 Å². The Morgan fingerprint density at radius 1 is 0.543 bits per heavy atom. The Bertz CT molecular complexity index is 3620. The number of benzene rings is 8. The van der Waals surface area contributed by atoms with E-state index in [4.69, 9.17) is 0 Å². The van der Waals surface area contributed by atoms with Gasteiger partial charge in [-0.25, -0.2) is 0 Å². The Morgan fingerprint density at radius 2 is 1.20 bits per heavy atom. The molecule has 0 aliphatic heterocycles. The molecule has 334 valence electrons. The number of aryl methyl sites for hydroxylation is 1. The van der Waals surface area contributed by atoms with Crippen molar-refractivity contribution in [2.24, 2.45) is 0 Å². The van der Waals surface area contributed by atoms with E-state index in [-0.39, 0.29) is 0 Å². The number of fused-ring (bicyclic) bond motifs is 12. The predicted molar refractivity (Wildman–Crippen MR) is 297 cm³/mol. The smallest absolute Gasteiger partial charge is 0.0720 e. The van der Waals surface area contributed by atoms with Gasteiger partial charge in [-0.05, 0) is 139 Å². The maximum absolute atomic E-state index is 3.73. The van der Waals surface area contributed by atoms with Crippen molar-refractivity contribution in [3.05, 3.63) is 309 Å². The zero-order chi connectivity index (χ0) is 46.5. The van der Waals surface area contributed by atoms with E-state index in [0.29, 0.717) is 0 Å². The fourth-order valence-corrected chi connectivity index (χ4v) is 13.6. The Hall–Kier alpha value is -8.04. The second-order valence-electron chi connectivity index (χ2n) is 18.9. The summed E-state index contributed by atoms with van der Waals surface area (Å²) in [5, 5.41) is 5.14. The van der Waals surface area contributed by atoms with E-state index in [0.717, 1.165) is 36.9 Å². The monoisotopic (exact) mass is 913 g/mol. The predicted octanol–water partition coefficient (Wildman–Crippen LogP) is 17.5. The van der Waals surface area contributed by atoms with Crippen LogP contribution in [0.3, 0.4) is 0 Å². The van der Waals surface area contributed by atoms with Crippen LogP contribution < -0.4 is 5.32 Å². The number of nitrogens with one attached hydrogen (secondary N) is 1. The zero-order valence-corrected chi connectivity index (χ0v) is 39.8. The molecule has 70 heavy (non-hydrogen) atoms. The average molecular weight is 914 g/mol. The van der Waals surface area contributed by atoms with E-state index >= 15 is 0 Å². The number of hydrogen-bond acceptors (Lipinski definition) is 2. The largest absolute Gasteiger partial charge is 0.362 e. The maximum Gasteiger partial charge on any atom is 0.0720 e. The normalized spacial score (nSPS) is 18.7. The highest BCUT2D eigenvalue weighted by Crippen LogP contribution is 2.65. The van der Waals surface area contributed by atoms with Crippen molar-refractivity contribution in [2.75, 3.05) is 5.32 Å². The van der Waals surface area contributed by atoms with Crippen molar-refractivity contribution in [1.29, 1.82) is 0 Å². The molecule has 0 unspecified atom stereocenters. The van der Waals surface area contributed by atoms with Crippen LogP contribution in [0.2, 0.25) is 0 Å². The van der Waals surface area contributed by atoms with Crippen LogP contribution in [0.25, 0.3) is 50.1 Å². The molecule has 4 aliphatic carbocycles. The molecule has 0 atom stereocenters. The Kier molecular flexibility index (Phi) is 10.5. The van der Waals surface area contributed by atoms with E-state index in [1.165, 1.54) is 98.4 Å². The van der Waals surface area contributed by atoms with Crippen LogP contribution >= 0.6 is 11.3 Å². The average Bonchev–Trinajstić information content (AvgIpc) is 3.96. The lowest BCUT2D eigenvalue weighted by Gasteiger charge is -2.51. The SMILES string of the molecule is C1=CCCC(C2(c3ccccc3)c3ccccc3C3(c4ccccc4-c4ccc(N/C=C/C=C(\C=C/c5ccc(-c6cccc7c8c(sc67)C=CCC8)cc5)c5ccccc5)cc43)c3ccccc32)=C1. The van der Waals surface area contributed by atoms with Crippen molar-refractivity contribution >= 4 is 44.8 Å². The standard InChI is InChI=1S/C68H51NS/c1-4-20-48(21-5-1)49(40-37-47-38-41-50(42-39-47)54-29-18-30-58-57-28-11-17-36-65(57)70-66(54)58)22-19-45-69-53-43-44-56-55-27-10-12-31-59(55)68(64(56)46-53)62-34-15-13-32-60(62)67(51-23-6-2-7-24-51,52-25-8-3-9-26-52)61-33-14-16-35-63(61)68/h1-8,10,12-25,27,29-46,69H,9,11,26,28H2/b40-37-,45-19+,49-22+. The van der Waals surface area contributed by atoms with Gasteiger partial charge in [0, 0.05) is 21.5 Å². The fraction of sp³-hybridized carbons (Fsp3) is 0.0882. The lowest BCUT2D eigenvalue weighted by atomic mass is 9.50. The van der Waals surface area contributed by atoms with Crippen molar-refractivity contribution in [1.82, 2.24) is 0 Å². The van der Waals surface area contributed by atoms with E-state index in [9.17, 15) is 0 Å². The Labute approximate surface area is 415 Å². The van der Waals surface area contributed by atoms with E-state index in [2.05, 4.69) is 260 Å². The first-order valence-electron chi connectivity index (χ1n) is 24.8. The van der Waals surface area contributed by atoms with Crippen LogP contribution in [0.4, 0.5) is 5.69 Å². The molecule has 13 rings (SSSR count). The summed E-state index contributed by atoms with van der Waals surface area (Å²) in [7, 11) is 0. The molecule has 0 radical (unpaired) electrons. The number of anilines is 1. The molecule has 4 aliphatic rings. The molecule has 1 nitrogen and oxygen atoms in total. The topological polar surface area (TPSA) is 12.0 Å². The molecule has 0 fully saturated rings. The Morgan fingerprint density at radius 3 is 1.94 bits per heavy atom. The summed E-state index contributed by atoms with van der Waals surface area (Å²) in [5.41, 5.74) is 21.0. The van der Waals surface area contributed by atoms with E-state index in [1.807, 2.05) is 11.3 Å². The van der Waals surface area contributed by atoms with Crippen LogP contribution in [0.1, 0.15) is 79.8 Å². The molecule has 0 saturated heterocycles.